The van der Waals surface area contributed by atoms with Gasteiger partial charge in [-0.3, -0.25) is 14.4 Å². The van der Waals surface area contributed by atoms with Gasteiger partial charge in [0.2, 0.25) is 0 Å². The SMILES string of the molecule is CC1Cc2ccccc2N1C(=O)COC(=O)c1ccc2c(c1N)C(=O)c1ccccc1C2=O. The fourth-order valence-electron chi connectivity index (χ4n) is 4.61. The lowest BCUT2D eigenvalue weighted by Gasteiger charge is -2.23. The largest absolute Gasteiger partial charge is 0.452 e. The van der Waals surface area contributed by atoms with E-state index in [2.05, 4.69) is 0 Å². The number of esters is 1. The Balaban J connectivity index is 1.38. The molecule has 3 aromatic rings. The smallest absolute Gasteiger partial charge is 0.340 e. The van der Waals surface area contributed by atoms with Gasteiger partial charge in [0.15, 0.2) is 18.2 Å². The number of fused-ring (bicyclic) bond motifs is 3. The Morgan fingerprint density at radius 3 is 2.36 bits per heavy atom. The molecule has 33 heavy (non-hydrogen) atoms. The highest BCUT2D eigenvalue weighted by molar-refractivity contribution is 6.30. The highest BCUT2D eigenvalue weighted by Crippen LogP contribution is 2.34. The zero-order chi connectivity index (χ0) is 23.3. The quantitative estimate of drug-likeness (QED) is 0.387. The molecular formula is C26H20N2O5. The van der Waals surface area contributed by atoms with Crippen molar-refractivity contribution in [2.75, 3.05) is 17.2 Å². The van der Waals surface area contributed by atoms with Crippen LogP contribution in [0.25, 0.3) is 0 Å². The molecule has 7 heteroatoms. The van der Waals surface area contributed by atoms with Crippen LogP contribution in [0.15, 0.2) is 60.7 Å². The summed E-state index contributed by atoms with van der Waals surface area (Å²) in [5.41, 5.74) is 8.52. The molecule has 0 radical (unpaired) electrons. The number of rotatable bonds is 3. The van der Waals surface area contributed by atoms with Gasteiger partial charge in [-0.05, 0) is 37.1 Å². The van der Waals surface area contributed by atoms with Gasteiger partial charge in [-0.2, -0.15) is 0 Å². The number of ketones is 2. The maximum atomic E-state index is 13.0. The van der Waals surface area contributed by atoms with Crippen LogP contribution >= 0.6 is 0 Å². The first-order valence-corrected chi connectivity index (χ1v) is 10.6. The number of anilines is 2. The van der Waals surface area contributed by atoms with Crippen molar-refractivity contribution < 1.29 is 23.9 Å². The van der Waals surface area contributed by atoms with Crippen molar-refractivity contribution in [3.8, 4) is 0 Å². The van der Waals surface area contributed by atoms with E-state index >= 15 is 0 Å². The molecule has 0 bridgehead atoms. The van der Waals surface area contributed by atoms with E-state index in [9.17, 15) is 19.2 Å². The number of amides is 1. The molecule has 164 valence electrons. The van der Waals surface area contributed by atoms with Crippen LogP contribution < -0.4 is 10.6 Å². The van der Waals surface area contributed by atoms with E-state index in [0.29, 0.717) is 5.56 Å². The minimum atomic E-state index is -0.831. The number of nitrogens with zero attached hydrogens (tertiary/aromatic N) is 1. The maximum absolute atomic E-state index is 13.0. The Bertz CT molecular complexity index is 1360. The standard InChI is InChI=1S/C26H20N2O5/c1-14-12-15-6-2-5-9-20(15)28(14)21(29)13-33-26(32)19-11-10-18-22(23(19)27)25(31)17-8-4-3-7-16(17)24(18)30/h2-11,14H,12-13,27H2,1H3. The van der Waals surface area contributed by atoms with Gasteiger partial charge in [0, 0.05) is 28.4 Å². The number of para-hydroxylation sites is 1. The Kier molecular flexibility index (Phi) is 4.82. The van der Waals surface area contributed by atoms with Crippen molar-refractivity contribution in [3.63, 3.8) is 0 Å². The predicted octanol–water partition coefficient (Wildman–Crippen LogP) is 3.18. The number of hydrogen-bond donors (Lipinski definition) is 1. The van der Waals surface area contributed by atoms with E-state index in [1.165, 1.54) is 12.1 Å². The average Bonchev–Trinajstić information content (AvgIpc) is 3.16. The molecule has 0 saturated carbocycles. The Hall–Kier alpha value is -4.26. The Labute approximate surface area is 189 Å². The lowest BCUT2D eigenvalue weighted by Crippen LogP contribution is -2.38. The zero-order valence-corrected chi connectivity index (χ0v) is 17.8. The molecular weight excluding hydrogens is 420 g/mol. The molecule has 0 fully saturated rings. The molecule has 2 N–H and O–H groups in total. The van der Waals surface area contributed by atoms with E-state index in [0.717, 1.165) is 17.7 Å². The summed E-state index contributed by atoms with van der Waals surface area (Å²) >= 11 is 0. The van der Waals surface area contributed by atoms with E-state index in [4.69, 9.17) is 10.5 Å². The molecule has 1 aliphatic carbocycles. The van der Waals surface area contributed by atoms with Crippen molar-refractivity contribution in [1.82, 2.24) is 0 Å². The van der Waals surface area contributed by atoms with Crippen molar-refractivity contribution in [2.24, 2.45) is 0 Å². The summed E-state index contributed by atoms with van der Waals surface area (Å²) in [6.45, 7) is 1.46. The van der Waals surface area contributed by atoms with Gasteiger partial charge in [0.1, 0.15) is 0 Å². The van der Waals surface area contributed by atoms with E-state index < -0.39 is 18.4 Å². The fraction of sp³-hybridized carbons (Fsp3) is 0.154. The van der Waals surface area contributed by atoms with Crippen LogP contribution in [-0.2, 0) is 16.0 Å². The molecule has 1 atom stereocenters. The molecule has 3 aromatic carbocycles. The van der Waals surface area contributed by atoms with Crippen molar-refractivity contribution in [2.45, 2.75) is 19.4 Å². The molecule has 0 aromatic heterocycles. The average molecular weight is 440 g/mol. The molecule has 5 rings (SSSR count). The second kappa shape index (κ2) is 7.70. The molecule has 0 spiro atoms. The van der Waals surface area contributed by atoms with Gasteiger partial charge < -0.3 is 15.4 Å². The first-order valence-electron chi connectivity index (χ1n) is 10.6. The molecule has 0 saturated heterocycles. The third-order valence-corrected chi connectivity index (χ3v) is 6.16. The number of benzene rings is 3. The molecule has 1 unspecified atom stereocenters. The minimum Gasteiger partial charge on any atom is -0.452 e. The van der Waals surface area contributed by atoms with Gasteiger partial charge >= 0.3 is 5.97 Å². The number of hydrogen-bond acceptors (Lipinski definition) is 6. The Morgan fingerprint density at radius 2 is 1.61 bits per heavy atom. The Morgan fingerprint density at radius 1 is 0.939 bits per heavy atom. The molecule has 1 aliphatic heterocycles. The van der Waals surface area contributed by atoms with Gasteiger partial charge in [-0.1, -0.05) is 42.5 Å². The number of ether oxygens (including phenoxy) is 1. The minimum absolute atomic E-state index is 0.0124. The van der Waals surface area contributed by atoms with Crippen LogP contribution in [0.2, 0.25) is 0 Å². The summed E-state index contributed by atoms with van der Waals surface area (Å²) in [4.78, 5) is 53.0. The number of carbonyl (C=O) groups is 4. The molecule has 1 amide bonds. The number of carbonyl (C=O) groups excluding carboxylic acids is 4. The van der Waals surface area contributed by atoms with Crippen LogP contribution in [0.1, 0.15) is 54.7 Å². The number of nitrogens with two attached hydrogens (primary N) is 1. The van der Waals surface area contributed by atoms with Crippen LogP contribution in [0, 0.1) is 0 Å². The van der Waals surface area contributed by atoms with Crippen molar-refractivity contribution >= 4 is 34.8 Å². The van der Waals surface area contributed by atoms with Gasteiger partial charge in [0.05, 0.1) is 16.8 Å². The van der Waals surface area contributed by atoms with Crippen molar-refractivity contribution in [1.29, 1.82) is 0 Å². The molecule has 7 nitrogen and oxygen atoms in total. The van der Waals surface area contributed by atoms with Gasteiger partial charge in [-0.15, -0.1) is 0 Å². The molecule has 1 heterocycles. The third-order valence-electron chi connectivity index (χ3n) is 6.16. The lowest BCUT2D eigenvalue weighted by atomic mass is 9.82. The van der Waals surface area contributed by atoms with E-state index in [1.807, 2.05) is 31.2 Å². The monoisotopic (exact) mass is 440 g/mol. The van der Waals surface area contributed by atoms with E-state index in [1.54, 1.807) is 29.2 Å². The fourth-order valence-corrected chi connectivity index (χ4v) is 4.61. The first kappa shape index (κ1) is 20.6. The van der Waals surface area contributed by atoms with Gasteiger partial charge in [-0.25, -0.2) is 4.79 Å². The molecule has 2 aliphatic rings. The normalized spacial score (nSPS) is 16.2. The second-order valence-electron chi connectivity index (χ2n) is 8.17. The lowest BCUT2D eigenvalue weighted by molar-refractivity contribution is -0.122. The number of nitrogen functional groups attached to an aromatic ring is 1. The van der Waals surface area contributed by atoms with E-state index in [-0.39, 0.29) is 45.7 Å². The summed E-state index contributed by atoms with van der Waals surface area (Å²) in [7, 11) is 0. The third kappa shape index (κ3) is 3.20. The van der Waals surface area contributed by atoms with Crippen LogP contribution in [0.3, 0.4) is 0 Å². The van der Waals surface area contributed by atoms with Crippen LogP contribution in [0.5, 0.6) is 0 Å². The second-order valence-corrected chi connectivity index (χ2v) is 8.17. The summed E-state index contributed by atoms with van der Waals surface area (Å²) in [5, 5.41) is 0. The summed E-state index contributed by atoms with van der Waals surface area (Å²) in [6, 6.07) is 16.8. The maximum Gasteiger partial charge on any atom is 0.340 e. The first-order chi connectivity index (χ1) is 15.9. The highest BCUT2D eigenvalue weighted by atomic mass is 16.5. The van der Waals surface area contributed by atoms with Crippen LogP contribution in [-0.4, -0.2) is 36.1 Å². The van der Waals surface area contributed by atoms with Gasteiger partial charge in [0.25, 0.3) is 5.91 Å². The predicted molar refractivity (Wildman–Crippen MR) is 122 cm³/mol. The van der Waals surface area contributed by atoms with Crippen LogP contribution in [0.4, 0.5) is 11.4 Å². The van der Waals surface area contributed by atoms with Crippen molar-refractivity contribution in [3.05, 3.63) is 94.0 Å². The highest BCUT2D eigenvalue weighted by Gasteiger charge is 2.34. The topological polar surface area (TPSA) is 107 Å². The summed E-state index contributed by atoms with van der Waals surface area (Å²) < 4.78 is 5.26. The zero-order valence-electron chi connectivity index (χ0n) is 17.8. The summed E-state index contributed by atoms with van der Waals surface area (Å²) in [5.74, 6) is -1.94. The summed E-state index contributed by atoms with van der Waals surface area (Å²) in [6.07, 6.45) is 0.727.